The molecule has 0 radical (unpaired) electrons. The van der Waals surface area contributed by atoms with E-state index >= 15 is 0 Å². The normalized spacial score (nSPS) is 20.4. The quantitative estimate of drug-likeness (QED) is 0.346. The topological polar surface area (TPSA) is 3.24 Å². The first-order valence-electron chi connectivity index (χ1n) is 12.7. The molecule has 2 aromatic rings. The molecule has 0 heterocycles. The molecule has 1 atom stereocenters. The molecule has 2 aromatic carbocycles. The summed E-state index contributed by atoms with van der Waals surface area (Å²) in [6, 6.07) is 20.5. The SMILES string of the molecule is CCC(CCc1ccc(C2CCC(C(F)(F)F)CC2)cc1)N(CCc1ccccc1)C(C)C. The Bertz CT molecular complexity index is 805. The molecule has 0 aliphatic heterocycles. The Morgan fingerprint density at radius 2 is 1.45 bits per heavy atom. The lowest BCUT2D eigenvalue weighted by Gasteiger charge is -2.35. The highest BCUT2D eigenvalue weighted by molar-refractivity contribution is 5.26. The summed E-state index contributed by atoms with van der Waals surface area (Å²) in [4.78, 5) is 2.64. The van der Waals surface area contributed by atoms with Crippen molar-refractivity contribution >= 4 is 0 Å². The molecule has 0 bridgehead atoms. The van der Waals surface area contributed by atoms with Gasteiger partial charge in [-0.05, 0) is 87.8 Å². The van der Waals surface area contributed by atoms with Crippen LogP contribution in [0.4, 0.5) is 13.2 Å². The van der Waals surface area contributed by atoms with Gasteiger partial charge in [0.1, 0.15) is 0 Å². The Hall–Kier alpha value is -1.81. The first-order chi connectivity index (χ1) is 15.8. The van der Waals surface area contributed by atoms with Crippen LogP contribution in [0.5, 0.6) is 0 Å². The number of nitrogens with zero attached hydrogens (tertiary/aromatic N) is 1. The van der Waals surface area contributed by atoms with Crippen LogP contribution in [0.2, 0.25) is 0 Å². The van der Waals surface area contributed by atoms with E-state index in [4.69, 9.17) is 0 Å². The maximum absolute atomic E-state index is 12.9. The van der Waals surface area contributed by atoms with Gasteiger partial charge in [-0.15, -0.1) is 0 Å². The van der Waals surface area contributed by atoms with E-state index in [0.717, 1.165) is 32.2 Å². The third-order valence-electron chi connectivity index (χ3n) is 7.51. The second kappa shape index (κ2) is 12.1. The van der Waals surface area contributed by atoms with E-state index in [9.17, 15) is 13.2 Å². The van der Waals surface area contributed by atoms with Crippen molar-refractivity contribution in [3.8, 4) is 0 Å². The lowest BCUT2D eigenvalue weighted by atomic mass is 9.78. The zero-order chi connectivity index (χ0) is 23.8. The summed E-state index contributed by atoms with van der Waals surface area (Å²) in [6.07, 6.45) is 2.15. The summed E-state index contributed by atoms with van der Waals surface area (Å²) in [5.41, 5.74) is 3.92. The van der Waals surface area contributed by atoms with Crippen LogP contribution in [0.3, 0.4) is 0 Å². The lowest BCUT2D eigenvalue weighted by Crippen LogP contribution is -2.41. The van der Waals surface area contributed by atoms with Crippen LogP contribution < -0.4 is 0 Å². The molecular formula is C29H40F3N. The molecule has 0 aromatic heterocycles. The van der Waals surface area contributed by atoms with Gasteiger partial charge in [0.15, 0.2) is 0 Å². The van der Waals surface area contributed by atoms with Crippen LogP contribution in [0.15, 0.2) is 54.6 Å². The van der Waals surface area contributed by atoms with Crippen molar-refractivity contribution in [3.63, 3.8) is 0 Å². The molecule has 0 spiro atoms. The summed E-state index contributed by atoms with van der Waals surface area (Å²) in [7, 11) is 0. The van der Waals surface area contributed by atoms with Gasteiger partial charge in [-0.3, -0.25) is 4.90 Å². The number of alkyl halides is 3. The largest absolute Gasteiger partial charge is 0.391 e. The second-order valence-electron chi connectivity index (χ2n) is 10.00. The van der Waals surface area contributed by atoms with Gasteiger partial charge in [-0.25, -0.2) is 0 Å². The number of hydrogen-bond acceptors (Lipinski definition) is 1. The predicted molar refractivity (Wildman–Crippen MR) is 132 cm³/mol. The summed E-state index contributed by atoms with van der Waals surface area (Å²) in [5, 5.41) is 0. The summed E-state index contributed by atoms with van der Waals surface area (Å²) >= 11 is 0. The van der Waals surface area contributed by atoms with Crippen LogP contribution in [-0.4, -0.2) is 29.7 Å². The van der Waals surface area contributed by atoms with Gasteiger partial charge >= 0.3 is 6.18 Å². The molecule has 1 aliphatic rings. The molecule has 1 nitrogen and oxygen atoms in total. The lowest BCUT2D eigenvalue weighted by molar-refractivity contribution is -0.182. The zero-order valence-electron chi connectivity index (χ0n) is 20.5. The number of rotatable bonds is 10. The molecule has 182 valence electrons. The molecule has 1 saturated carbocycles. The molecule has 4 heteroatoms. The molecular weight excluding hydrogens is 419 g/mol. The highest BCUT2D eigenvalue weighted by Gasteiger charge is 2.41. The van der Waals surface area contributed by atoms with E-state index < -0.39 is 12.1 Å². The van der Waals surface area contributed by atoms with E-state index in [1.54, 1.807) is 0 Å². The van der Waals surface area contributed by atoms with Crippen molar-refractivity contribution in [3.05, 3.63) is 71.3 Å². The Balaban J connectivity index is 1.52. The minimum atomic E-state index is -4.03. The fourth-order valence-corrected chi connectivity index (χ4v) is 5.41. The Kier molecular flexibility index (Phi) is 9.43. The van der Waals surface area contributed by atoms with Gasteiger partial charge in [0.25, 0.3) is 0 Å². The Morgan fingerprint density at radius 3 is 2.00 bits per heavy atom. The standard InChI is InChI=1S/C29H40F3N/c1-4-28(33(22(2)3)21-20-23-8-6-5-7-9-23)19-12-24-10-13-25(14-11-24)26-15-17-27(18-16-26)29(30,31)32/h5-11,13-14,22,26-28H,4,12,15-21H2,1-3H3. The number of aryl methyl sites for hydroxylation is 1. The minimum Gasteiger partial charge on any atom is -0.298 e. The van der Waals surface area contributed by atoms with E-state index in [1.807, 2.05) is 0 Å². The van der Waals surface area contributed by atoms with E-state index in [1.165, 1.54) is 16.7 Å². The molecule has 1 unspecified atom stereocenters. The highest BCUT2D eigenvalue weighted by Crippen LogP contribution is 2.42. The van der Waals surface area contributed by atoms with Crippen LogP contribution in [-0.2, 0) is 12.8 Å². The Labute approximate surface area is 198 Å². The van der Waals surface area contributed by atoms with Crippen LogP contribution in [0.1, 0.15) is 81.9 Å². The van der Waals surface area contributed by atoms with E-state index in [0.29, 0.717) is 24.9 Å². The second-order valence-corrected chi connectivity index (χ2v) is 10.00. The molecule has 1 aliphatic carbocycles. The molecule has 1 fully saturated rings. The smallest absolute Gasteiger partial charge is 0.298 e. The average molecular weight is 460 g/mol. The maximum Gasteiger partial charge on any atom is 0.391 e. The number of hydrogen-bond donors (Lipinski definition) is 0. The maximum atomic E-state index is 12.9. The fraction of sp³-hybridized carbons (Fsp3) is 0.586. The first kappa shape index (κ1) is 25.8. The minimum absolute atomic E-state index is 0.266. The van der Waals surface area contributed by atoms with E-state index in [-0.39, 0.29) is 18.8 Å². The van der Waals surface area contributed by atoms with Crippen LogP contribution in [0.25, 0.3) is 0 Å². The third kappa shape index (κ3) is 7.60. The van der Waals surface area contributed by atoms with Gasteiger partial charge in [0, 0.05) is 18.6 Å². The molecule has 0 saturated heterocycles. The summed E-state index contributed by atoms with van der Waals surface area (Å²) < 4.78 is 38.8. The number of benzene rings is 2. The van der Waals surface area contributed by atoms with Crippen molar-refractivity contribution < 1.29 is 13.2 Å². The van der Waals surface area contributed by atoms with Crippen molar-refractivity contribution in [1.29, 1.82) is 0 Å². The van der Waals surface area contributed by atoms with Gasteiger partial charge in [0.2, 0.25) is 0 Å². The monoisotopic (exact) mass is 459 g/mol. The van der Waals surface area contributed by atoms with Gasteiger partial charge in [-0.1, -0.05) is 61.5 Å². The zero-order valence-corrected chi connectivity index (χ0v) is 20.5. The third-order valence-corrected chi connectivity index (χ3v) is 7.51. The average Bonchev–Trinajstić information content (AvgIpc) is 2.81. The van der Waals surface area contributed by atoms with Crippen molar-refractivity contribution in [1.82, 2.24) is 4.90 Å². The summed E-state index contributed by atoms with van der Waals surface area (Å²) in [5.74, 6) is -0.833. The van der Waals surface area contributed by atoms with Crippen molar-refractivity contribution in [2.24, 2.45) is 5.92 Å². The molecule has 33 heavy (non-hydrogen) atoms. The summed E-state index contributed by atoms with van der Waals surface area (Å²) in [6.45, 7) is 7.93. The first-order valence-corrected chi connectivity index (χ1v) is 12.7. The van der Waals surface area contributed by atoms with E-state index in [2.05, 4.69) is 80.3 Å². The predicted octanol–water partition coefficient (Wildman–Crippen LogP) is 8.19. The number of halogens is 3. The molecule has 0 N–H and O–H groups in total. The van der Waals surface area contributed by atoms with Crippen LogP contribution >= 0.6 is 0 Å². The molecule has 3 rings (SSSR count). The Morgan fingerprint density at radius 1 is 0.848 bits per heavy atom. The van der Waals surface area contributed by atoms with Gasteiger partial charge < -0.3 is 0 Å². The fourth-order valence-electron chi connectivity index (χ4n) is 5.41. The van der Waals surface area contributed by atoms with Gasteiger partial charge in [-0.2, -0.15) is 13.2 Å². The van der Waals surface area contributed by atoms with Crippen LogP contribution in [0, 0.1) is 5.92 Å². The highest BCUT2D eigenvalue weighted by atomic mass is 19.4. The van der Waals surface area contributed by atoms with Crippen molar-refractivity contribution in [2.45, 2.75) is 96.3 Å². The molecule has 0 amide bonds. The van der Waals surface area contributed by atoms with Gasteiger partial charge in [0.05, 0.1) is 5.92 Å². The van der Waals surface area contributed by atoms with Crippen molar-refractivity contribution in [2.75, 3.05) is 6.54 Å².